The van der Waals surface area contributed by atoms with Gasteiger partial charge < -0.3 is 9.80 Å². The second kappa shape index (κ2) is 8.95. The number of carbonyl (C=O) groups excluding carboxylic acids is 2. The van der Waals surface area contributed by atoms with Crippen LogP contribution >= 0.6 is 0 Å². The Morgan fingerprint density at radius 1 is 0.800 bits per heavy atom. The summed E-state index contributed by atoms with van der Waals surface area (Å²) in [5.41, 5.74) is 0. The second-order valence-corrected chi connectivity index (χ2v) is 6.55. The van der Waals surface area contributed by atoms with Crippen LogP contribution < -0.4 is 0 Å². The summed E-state index contributed by atoms with van der Waals surface area (Å²) >= 11 is 0. The smallest absolute Gasteiger partial charge is 0.236 e. The van der Waals surface area contributed by atoms with Crippen LogP contribution in [0.4, 0.5) is 0 Å². The van der Waals surface area contributed by atoms with E-state index in [9.17, 15) is 9.59 Å². The molecule has 0 rings (SSSR count). The zero-order chi connectivity index (χ0) is 15.9. The van der Waals surface area contributed by atoms with E-state index in [-0.39, 0.29) is 18.4 Å². The van der Waals surface area contributed by atoms with Gasteiger partial charge in [-0.25, -0.2) is 0 Å². The summed E-state index contributed by atoms with van der Waals surface area (Å²) in [6, 6.07) is 0. The molecule has 0 saturated heterocycles. The molecule has 0 aromatic heterocycles. The summed E-state index contributed by atoms with van der Waals surface area (Å²) in [6.07, 6.45) is 0. The Morgan fingerprint density at radius 3 is 1.55 bits per heavy atom. The molecule has 0 radical (unpaired) electrons. The van der Waals surface area contributed by atoms with E-state index in [1.807, 2.05) is 11.9 Å². The highest BCUT2D eigenvalue weighted by molar-refractivity contribution is 5.81. The van der Waals surface area contributed by atoms with E-state index in [0.29, 0.717) is 18.4 Å². The van der Waals surface area contributed by atoms with Crippen LogP contribution in [0.25, 0.3) is 0 Å². The number of hydrogen-bond acceptors (Lipinski definition) is 3. The summed E-state index contributed by atoms with van der Waals surface area (Å²) in [4.78, 5) is 29.2. The second-order valence-electron chi connectivity index (χ2n) is 6.55. The summed E-state index contributed by atoms with van der Waals surface area (Å²) in [7, 11) is 5.26. The van der Waals surface area contributed by atoms with Crippen LogP contribution in [0.1, 0.15) is 27.7 Å². The van der Waals surface area contributed by atoms with E-state index in [1.165, 1.54) is 0 Å². The van der Waals surface area contributed by atoms with E-state index in [4.69, 9.17) is 0 Å². The van der Waals surface area contributed by atoms with Crippen LogP contribution in [-0.4, -0.2) is 73.8 Å². The fourth-order valence-electron chi connectivity index (χ4n) is 1.92. The van der Waals surface area contributed by atoms with Gasteiger partial charge >= 0.3 is 0 Å². The Morgan fingerprint density at radius 2 is 1.20 bits per heavy atom. The minimum absolute atomic E-state index is 0.0135. The zero-order valence-corrected chi connectivity index (χ0v) is 14.1. The Balaban J connectivity index is 4.47. The lowest BCUT2D eigenvalue weighted by atomic mass is 10.1. The molecule has 118 valence electrons. The van der Waals surface area contributed by atoms with Crippen LogP contribution in [0.15, 0.2) is 0 Å². The van der Waals surface area contributed by atoms with Crippen molar-refractivity contribution < 1.29 is 9.59 Å². The van der Waals surface area contributed by atoms with Gasteiger partial charge in [-0.3, -0.25) is 14.5 Å². The average molecular weight is 285 g/mol. The summed E-state index contributed by atoms with van der Waals surface area (Å²) in [6.45, 7) is 10.5. The van der Waals surface area contributed by atoms with Gasteiger partial charge in [-0.05, 0) is 18.9 Å². The van der Waals surface area contributed by atoms with Gasteiger partial charge in [0.25, 0.3) is 0 Å². The number of rotatable bonds is 8. The van der Waals surface area contributed by atoms with Crippen LogP contribution in [0.5, 0.6) is 0 Å². The highest BCUT2D eigenvalue weighted by atomic mass is 16.2. The molecular weight excluding hydrogens is 254 g/mol. The number of likely N-dealkylation sites (N-methyl/N-ethyl adjacent to an activating group) is 2. The van der Waals surface area contributed by atoms with Crippen molar-refractivity contribution >= 4 is 11.8 Å². The molecule has 5 heteroatoms. The fourth-order valence-corrected chi connectivity index (χ4v) is 1.92. The monoisotopic (exact) mass is 285 g/mol. The molecular formula is C15H31N3O2. The van der Waals surface area contributed by atoms with E-state index in [2.05, 4.69) is 27.7 Å². The van der Waals surface area contributed by atoms with Crippen LogP contribution in [-0.2, 0) is 9.59 Å². The first-order valence-corrected chi connectivity index (χ1v) is 7.30. The van der Waals surface area contributed by atoms with Crippen LogP contribution in [0, 0.1) is 11.8 Å². The molecule has 0 atom stereocenters. The van der Waals surface area contributed by atoms with Gasteiger partial charge in [0.15, 0.2) is 0 Å². The minimum atomic E-state index is 0.0135. The SMILES string of the molecule is CC(C)CN(CC(C)C)C(=O)CN(C)CC(=O)N(C)C. The number of amides is 2. The molecule has 0 aliphatic heterocycles. The molecule has 0 aliphatic carbocycles. The average Bonchev–Trinajstić information content (AvgIpc) is 2.26. The maximum absolute atomic E-state index is 12.3. The van der Waals surface area contributed by atoms with Crippen LogP contribution in [0.3, 0.4) is 0 Å². The normalized spacial score (nSPS) is 11.3. The lowest BCUT2D eigenvalue weighted by Crippen LogP contribution is -2.44. The largest absolute Gasteiger partial charge is 0.348 e. The molecule has 0 bridgehead atoms. The molecule has 0 unspecified atom stereocenters. The van der Waals surface area contributed by atoms with Crippen LogP contribution in [0.2, 0.25) is 0 Å². The molecule has 5 nitrogen and oxygen atoms in total. The van der Waals surface area contributed by atoms with Gasteiger partial charge in [0.2, 0.25) is 11.8 Å². The molecule has 2 amide bonds. The molecule has 0 spiro atoms. The first-order valence-electron chi connectivity index (χ1n) is 7.30. The van der Waals surface area contributed by atoms with Gasteiger partial charge in [0.1, 0.15) is 0 Å². The topological polar surface area (TPSA) is 43.9 Å². The predicted octanol–water partition coefficient (Wildman–Crippen LogP) is 1.15. The third kappa shape index (κ3) is 8.15. The van der Waals surface area contributed by atoms with E-state index >= 15 is 0 Å². The Bertz CT molecular complexity index is 304. The van der Waals surface area contributed by atoms with E-state index < -0.39 is 0 Å². The molecule has 20 heavy (non-hydrogen) atoms. The van der Waals surface area contributed by atoms with Gasteiger partial charge in [-0.1, -0.05) is 27.7 Å². The highest BCUT2D eigenvalue weighted by Crippen LogP contribution is 2.05. The molecule has 0 fully saturated rings. The number of nitrogens with zero attached hydrogens (tertiary/aromatic N) is 3. The lowest BCUT2D eigenvalue weighted by Gasteiger charge is -2.28. The summed E-state index contributed by atoms with van der Waals surface area (Å²) in [5.74, 6) is 1.01. The number of hydrogen-bond donors (Lipinski definition) is 0. The molecule has 0 aliphatic rings. The molecule has 0 saturated carbocycles. The van der Waals surface area contributed by atoms with E-state index in [1.54, 1.807) is 23.9 Å². The molecule has 0 N–H and O–H groups in total. The minimum Gasteiger partial charge on any atom is -0.348 e. The lowest BCUT2D eigenvalue weighted by molar-refractivity contribution is -0.134. The Hall–Kier alpha value is -1.10. The summed E-state index contributed by atoms with van der Waals surface area (Å²) < 4.78 is 0. The van der Waals surface area contributed by atoms with Gasteiger partial charge in [0, 0.05) is 27.2 Å². The third-order valence-corrected chi connectivity index (χ3v) is 2.83. The van der Waals surface area contributed by atoms with Crippen molar-refractivity contribution in [3.8, 4) is 0 Å². The quantitative estimate of drug-likeness (QED) is 0.672. The van der Waals surface area contributed by atoms with Crippen molar-refractivity contribution in [3.05, 3.63) is 0 Å². The predicted molar refractivity (Wildman–Crippen MR) is 82.4 cm³/mol. The van der Waals surface area contributed by atoms with Crippen molar-refractivity contribution in [2.45, 2.75) is 27.7 Å². The molecule has 0 heterocycles. The van der Waals surface area contributed by atoms with Crippen molar-refractivity contribution in [1.29, 1.82) is 0 Å². The summed E-state index contributed by atoms with van der Waals surface area (Å²) in [5, 5.41) is 0. The number of carbonyl (C=O) groups is 2. The maximum Gasteiger partial charge on any atom is 0.236 e. The highest BCUT2D eigenvalue weighted by Gasteiger charge is 2.19. The fraction of sp³-hybridized carbons (Fsp3) is 0.867. The third-order valence-electron chi connectivity index (χ3n) is 2.83. The van der Waals surface area contributed by atoms with Gasteiger partial charge in [-0.2, -0.15) is 0 Å². The Labute approximate surface area is 123 Å². The van der Waals surface area contributed by atoms with Crippen molar-refractivity contribution in [1.82, 2.24) is 14.7 Å². The Kier molecular flexibility index (Phi) is 8.46. The van der Waals surface area contributed by atoms with E-state index in [0.717, 1.165) is 13.1 Å². The molecule has 0 aromatic carbocycles. The standard InChI is InChI=1S/C15H31N3O2/c1-12(2)8-18(9-13(3)4)15(20)11-17(7)10-14(19)16(5)6/h12-13H,8-11H2,1-7H3. The first kappa shape index (κ1) is 18.9. The maximum atomic E-state index is 12.3. The zero-order valence-electron chi connectivity index (χ0n) is 14.1. The molecule has 0 aromatic rings. The van der Waals surface area contributed by atoms with Gasteiger partial charge in [-0.15, -0.1) is 0 Å². The van der Waals surface area contributed by atoms with Gasteiger partial charge in [0.05, 0.1) is 13.1 Å². The van der Waals surface area contributed by atoms with Crippen molar-refractivity contribution in [3.63, 3.8) is 0 Å². The first-order chi connectivity index (χ1) is 9.13. The van der Waals surface area contributed by atoms with Crippen molar-refractivity contribution in [2.75, 3.05) is 47.3 Å². The van der Waals surface area contributed by atoms with Crippen molar-refractivity contribution in [2.24, 2.45) is 11.8 Å².